The predicted octanol–water partition coefficient (Wildman–Crippen LogP) is 5.04. The molecular formula is C26H35FN6O4SSi. The molecule has 2 amide bonds. The van der Waals surface area contributed by atoms with Crippen LogP contribution in [0.5, 0.6) is 11.8 Å². The van der Waals surface area contributed by atoms with Gasteiger partial charge in [0.25, 0.3) is 0 Å². The Labute approximate surface area is 229 Å². The number of pyridine rings is 1. The number of hydrogen-bond donors (Lipinski definition) is 3. The van der Waals surface area contributed by atoms with E-state index >= 15 is 0 Å². The Morgan fingerprint density at radius 1 is 1.28 bits per heavy atom. The number of anilines is 1. The van der Waals surface area contributed by atoms with Crippen molar-refractivity contribution in [1.82, 2.24) is 19.5 Å². The molecule has 210 valence electrons. The number of fused-ring (bicyclic) bond motifs is 1. The first-order valence-electron chi connectivity index (χ1n) is 12.6. The van der Waals surface area contributed by atoms with Crippen molar-refractivity contribution in [3.8, 4) is 22.9 Å². The Balaban J connectivity index is 1.73. The molecule has 4 rings (SSSR count). The zero-order chi connectivity index (χ0) is 28.8. The van der Waals surface area contributed by atoms with Crippen LogP contribution in [0.1, 0.15) is 32.8 Å². The lowest BCUT2D eigenvalue weighted by Crippen LogP contribution is -2.53. The Hall–Kier alpha value is -3.45. The molecule has 1 aliphatic heterocycles. The Morgan fingerprint density at radius 2 is 2.00 bits per heavy atom. The average Bonchev–Trinajstić information content (AvgIpc) is 3.26. The Kier molecular flexibility index (Phi) is 7.51. The van der Waals surface area contributed by atoms with Crippen molar-refractivity contribution in [3.05, 3.63) is 41.8 Å². The molecule has 1 atom stereocenters. The second-order valence-electron chi connectivity index (χ2n) is 11.1. The summed E-state index contributed by atoms with van der Waals surface area (Å²) in [6.07, 6.45) is 2.26. The summed E-state index contributed by atoms with van der Waals surface area (Å²) >= 11 is 0. The maximum atomic E-state index is 14.4. The highest BCUT2D eigenvalue weighted by Crippen LogP contribution is 2.39. The highest BCUT2D eigenvalue weighted by Gasteiger charge is 2.45. The second kappa shape index (κ2) is 10.3. The van der Waals surface area contributed by atoms with Gasteiger partial charge in [0.15, 0.2) is 9.92 Å². The molecular weight excluding hydrogens is 539 g/mol. The number of amides is 2. The number of carbonyl (C=O) groups is 1. The number of nitrogens with zero attached hydrogens (tertiary/aromatic N) is 3. The monoisotopic (exact) mass is 574 g/mol. The summed E-state index contributed by atoms with van der Waals surface area (Å²) in [7, 11) is -4.83. The van der Waals surface area contributed by atoms with Crippen molar-refractivity contribution in [2.75, 3.05) is 19.0 Å². The van der Waals surface area contributed by atoms with E-state index in [1.165, 1.54) is 25.4 Å². The van der Waals surface area contributed by atoms with Crippen LogP contribution in [0.15, 0.2) is 35.4 Å². The fourth-order valence-electron chi connectivity index (χ4n) is 4.27. The van der Waals surface area contributed by atoms with E-state index in [9.17, 15) is 13.4 Å². The van der Waals surface area contributed by atoms with Crippen LogP contribution < -0.4 is 24.8 Å². The maximum Gasteiger partial charge on any atom is 0.331 e. The zero-order valence-electron chi connectivity index (χ0n) is 23.3. The number of halogens is 1. The molecule has 13 heteroatoms. The summed E-state index contributed by atoms with van der Waals surface area (Å²) < 4.78 is 52.3. The molecule has 0 fully saturated rings. The van der Waals surface area contributed by atoms with E-state index in [2.05, 4.69) is 48.9 Å². The highest BCUT2D eigenvalue weighted by molar-refractivity contribution is 7.91. The number of aryl methyl sites for hydroxylation is 2. The third kappa shape index (κ3) is 5.50. The number of ether oxygens (including phenoxy) is 2. The molecule has 1 unspecified atom stereocenters. The normalized spacial score (nSPS) is 15.1. The molecule has 3 N–H and O–H groups in total. The molecule has 0 bridgehead atoms. The van der Waals surface area contributed by atoms with Crippen LogP contribution in [-0.4, -0.2) is 46.8 Å². The van der Waals surface area contributed by atoms with Crippen molar-refractivity contribution in [3.63, 3.8) is 0 Å². The van der Waals surface area contributed by atoms with Crippen LogP contribution >= 0.6 is 0 Å². The van der Waals surface area contributed by atoms with Crippen molar-refractivity contribution in [2.45, 2.75) is 63.7 Å². The van der Waals surface area contributed by atoms with Gasteiger partial charge in [-0.15, -0.1) is 0 Å². The molecule has 3 heterocycles. The lowest BCUT2D eigenvalue weighted by Gasteiger charge is -2.35. The van der Waals surface area contributed by atoms with Gasteiger partial charge in [-0.2, -0.15) is 5.10 Å². The van der Waals surface area contributed by atoms with Gasteiger partial charge in [0, 0.05) is 30.8 Å². The Morgan fingerprint density at radius 3 is 2.67 bits per heavy atom. The van der Waals surface area contributed by atoms with Crippen LogP contribution in [0.25, 0.3) is 11.1 Å². The number of nitrogens with one attached hydrogen (secondary N) is 3. The molecule has 0 saturated heterocycles. The van der Waals surface area contributed by atoms with E-state index in [4.69, 9.17) is 19.4 Å². The van der Waals surface area contributed by atoms with Crippen LogP contribution in [0, 0.1) is 17.5 Å². The predicted molar refractivity (Wildman–Crippen MR) is 151 cm³/mol. The van der Waals surface area contributed by atoms with Gasteiger partial charge in [-0.05, 0) is 41.3 Å². The van der Waals surface area contributed by atoms with E-state index in [-0.39, 0.29) is 15.8 Å². The van der Waals surface area contributed by atoms with Gasteiger partial charge in [-0.25, -0.2) is 32.6 Å². The minimum atomic E-state index is -3.90. The largest absolute Gasteiger partial charge is 0.481 e. The molecule has 2 aromatic heterocycles. The standard InChI is InChI=1S/C26H35FN6O4SSi/c1-16-13-18(27)15-19(17-9-10-29-20(14-17)36-5)21(16)30-25(34)32-38(28,35)22-23(39(6,7)26(2,3)4)31-33-11-8-12-37-24(22)33/h9-10,13-15H,8,11-12H2,1-7H3,(H3,28,30,32,34,35). The summed E-state index contributed by atoms with van der Waals surface area (Å²) in [5.41, 5.74) is 1.69. The summed E-state index contributed by atoms with van der Waals surface area (Å²) in [5.74, 6) is 0.100. The fourth-order valence-corrected chi connectivity index (χ4v) is 8.36. The molecule has 1 aliphatic rings. The van der Waals surface area contributed by atoms with Crippen molar-refractivity contribution in [1.29, 1.82) is 4.78 Å². The molecule has 1 aromatic carbocycles. The smallest absolute Gasteiger partial charge is 0.331 e. The third-order valence-electron chi connectivity index (χ3n) is 7.40. The summed E-state index contributed by atoms with van der Waals surface area (Å²) in [6, 6.07) is 4.98. The first-order chi connectivity index (χ1) is 18.2. The van der Waals surface area contributed by atoms with Crippen molar-refractivity contribution < 1.29 is 22.9 Å². The minimum Gasteiger partial charge on any atom is -0.481 e. The number of benzene rings is 1. The number of methoxy groups -OCH3 is 1. The van der Waals surface area contributed by atoms with Crippen LogP contribution in [0.4, 0.5) is 14.9 Å². The maximum absolute atomic E-state index is 14.4. The zero-order valence-corrected chi connectivity index (χ0v) is 25.1. The first kappa shape index (κ1) is 28.6. The fraction of sp³-hybridized carbons (Fsp3) is 0.423. The molecule has 0 saturated carbocycles. The van der Waals surface area contributed by atoms with Gasteiger partial charge in [0.2, 0.25) is 11.8 Å². The van der Waals surface area contributed by atoms with E-state index in [1.54, 1.807) is 23.7 Å². The number of carbonyl (C=O) groups excluding carboxylic acids is 1. The number of urea groups is 1. The van der Waals surface area contributed by atoms with Gasteiger partial charge in [0.1, 0.15) is 18.8 Å². The summed E-state index contributed by atoms with van der Waals surface area (Å²) in [6.45, 7) is 13.1. The van der Waals surface area contributed by atoms with Crippen molar-refractivity contribution in [2.24, 2.45) is 0 Å². The minimum absolute atomic E-state index is 0.124. The lowest BCUT2D eigenvalue weighted by atomic mass is 10.0. The highest BCUT2D eigenvalue weighted by atomic mass is 32.2. The molecule has 0 aliphatic carbocycles. The van der Waals surface area contributed by atoms with Crippen LogP contribution in [-0.2, 0) is 16.5 Å². The summed E-state index contributed by atoms with van der Waals surface area (Å²) in [5, 5.41) is 7.87. The SMILES string of the molecule is COc1cc(-c2cc(F)cc(C)c2NC(=O)NS(=N)(=O)c2c([Si](C)(C)C(C)(C)C)nn3c2OCCC3)ccn1. The van der Waals surface area contributed by atoms with Gasteiger partial charge < -0.3 is 14.8 Å². The van der Waals surface area contributed by atoms with Gasteiger partial charge >= 0.3 is 6.03 Å². The number of hydrogen-bond acceptors (Lipinski definition) is 7. The first-order valence-corrected chi connectivity index (χ1v) is 17.1. The van der Waals surface area contributed by atoms with E-state index < -0.39 is 29.8 Å². The second-order valence-corrected chi connectivity index (χ2v) is 18.1. The molecule has 0 spiro atoms. The molecule has 10 nitrogen and oxygen atoms in total. The third-order valence-corrected chi connectivity index (χ3v) is 14.3. The molecule has 0 radical (unpaired) electrons. The lowest BCUT2D eigenvalue weighted by molar-refractivity contribution is 0.224. The summed E-state index contributed by atoms with van der Waals surface area (Å²) in [4.78, 5) is 17.5. The molecule has 3 aromatic rings. The molecule has 39 heavy (non-hydrogen) atoms. The van der Waals surface area contributed by atoms with Crippen molar-refractivity contribution >= 4 is 35.0 Å². The van der Waals surface area contributed by atoms with Crippen LogP contribution in [0.3, 0.4) is 0 Å². The average molecular weight is 575 g/mol. The van der Waals surface area contributed by atoms with E-state index in [0.717, 1.165) is 6.42 Å². The topological polar surface area (TPSA) is 131 Å². The van der Waals surface area contributed by atoms with Gasteiger partial charge in [0.05, 0.1) is 24.7 Å². The van der Waals surface area contributed by atoms with E-state index in [1.807, 2.05) is 0 Å². The van der Waals surface area contributed by atoms with Gasteiger partial charge in [-0.1, -0.05) is 33.9 Å². The van der Waals surface area contributed by atoms with E-state index in [0.29, 0.717) is 46.7 Å². The quantitative estimate of drug-likeness (QED) is 0.354. The Bertz CT molecular complexity index is 1530. The van der Waals surface area contributed by atoms with Gasteiger partial charge in [-0.3, -0.25) is 0 Å². The number of aromatic nitrogens is 3. The van der Waals surface area contributed by atoms with Crippen LogP contribution in [0.2, 0.25) is 18.1 Å². The number of rotatable bonds is 6.